The summed E-state index contributed by atoms with van der Waals surface area (Å²) in [4.78, 5) is 26.3. The zero-order chi connectivity index (χ0) is 16.8. The highest BCUT2D eigenvalue weighted by atomic mass is 16.2. The van der Waals surface area contributed by atoms with Gasteiger partial charge in [0.15, 0.2) is 0 Å². The zero-order valence-electron chi connectivity index (χ0n) is 13.6. The highest BCUT2D eigenvalue weighted by molar-refractivity contribution is 5.90. The molecular weight excluding hydrogens is 288 g/mol. The van der Waals surface area contributed by atoms with Gasteiger partial charge in [0.25, 0.3) is 0 Å². The van der Waals surface area contributed by atoms with Gasteiger partial charge in [0.05, 0.1) is 0 Å². The minimum atomic E-state index is -0.542. The summed E-state index contributed by atoms with van der Waals surface area (Å²) >= 11 is 0. The van der Waals surface area contributed by atoms with Crippen LogP contribution < -0.4 is 5.32 Å². The molecule has 4 heteroatoms. The Labute approximate surface area is 137 Å². The molecule has 1 aliphatic rings. The number of nitrogens with one attached hydrogen (secondary N) is 1. The fraction of sp³-hybridized carbons (Fsp3) is 0.368. The molecule has 0 saturated heterocycles. The van der Waals surface area contributed by atoms with E-state index in [4.69, 9.17) is 0 Å². The zero-order valence-corrected chi connectivity index (χ0v) is 13.6. The topological polar surface area (TPSA) is 49.4 Å². The van der Waals surface area contributed by atoms with Crippen LogP contribution in [0.2, 0.25) is 0 Å². The summed E-state index contributed by atoms with van der Waals surface area (Å²) in [7, 11) is 0. The van der Waals surface area contributed by atoms with E-state index >= 15 is 0 Å². The molecule has 0 spiro atoms. The van der Waals surface area contributed by atoms with Crippen molar-refractivity contribution >= 4 is 11.8 Å². The van der Waals surface area contributed by atoms with Crippen molar-refractivity contribution in [2.24, 2.45) is 5.92 Å². The monoisotopic (exact) mass is 312 g/mol. The first-order valence-electron chi connectivity index (χ1n) is 7.94. The maximum Gasteiger partial charge on any atom is 0.245 e. The van der Waals surface area contributed by atoms with Gasteiger partial charge in [-0.2, -0.15) is 0 Å². The van der Waals surface area contributed by atoms with Gasteiger partial charge >= 0.3 is 0 Å². The Morgan fingerprint density at radius 1 is 1.26 bits per heavy atom. The summed E-state index contributed by atoms with van der Waals surface area (Å²) < 4.78 is 0. The minimum absolute atomic E-state index is 0.0279. The van der Waals surface area contributed by atoms with Crippen LogP contribution in [0.4, 0.5) is 0 Å². The van der Waals surface area contributed by atoms with E-state index in [1.165, 1.54) is 5.56 Å². The van der Waals surface area contributed by atoms with Crippen LogP contribution in [0.1, 0.15) is 24.8 Å². The summed E-state index contributed by atoms with van der Waals surface area (Å²) in [6.45, 7) is 9.92. The fourth-order valence-electron chi connectivity index (χ4n) is 2.78. The van der Waals surface area contributed by atoms with Crippen molar-refractivity contribution in [3.63, 3.8) is 0 Å². The van der Waals surface area contributed by atoms with E-state index in [0.29, 0.717) is 13.1 Å². The number of benzene rings is 1. The normalized spacial score (nSPS) is 20.2. The SMILES string of the molecule is C=CCN(CC=C)C(=O)C(C)NC(=O)C1CC1c1ccccc1. The molecule has 0 heterocycles. The maximum absolute atomic E-state index is 12.4. The molecule has 0 aliphatic heterocycles. The molecular formula is C19H24N2O2. The smallest absolute Gasteiger partial charge is 0.245 e. The molecule has 3 atom stereocenters. The van der Waals surface area contributed by atoms with Gasteiger partial charge in [-0.05, 0) is 24.8 Å². The first-order valence-corrected chi connectivity index (χ1v) is 7.94. The third kappa shape index (κ3) is 4.31. The van der Waals surface area contributed by atoms with Crippen molar-refractivity contribution in [2.75, 3.05) is 13.1 Å². The van der Waals surface area contributed by atoms with Crippen LogP contribution in [0, 0.1) is 5.92 Å². The van der Waals surface area contributed by atoms with Gasteiger partial charge < -0.3 is 10.2 Å². The van der Waals surface area contributed by atoms with Gasteiger partial charge in [-0.3, -0.25) is 9.59 Å². The summed E-state index contributed by atoms with van der Waals surface area (Å²) in [6.07, 6.45) is 4.18. The van der Waals surface area contributed by atoms with Gasteiger partial charge in [0, 0.05) is 19.0 Å². The second-order valence-corrected chi connectivity index (χ2v) is 5.91. The number of carbonyl (C=O) groups is 2. The molecule has 4 nitrogen and oxygen atoms in total. The van der Waals surface area contributed by atoms with E-state index in [9.17, 15) is 9.59 Å². The highest BCUT2D eigenvalue weighted by Gasteiger charge is 2.44. The number of hydrogen-bond donors (Lipinski definition) is 1. The largest absolute Gasteiger partial charge is 0.344 e. The Hall–Kier alpha value is -2.36. The third-order valence-electron chi connectivity index (χ3n) is 4.09. The van der Waals surface area contributed by atoms with Gasteiger partial charge in [0.1, 0.15) is 6.04 Å². The van der Waals surface area contributed by atoms with Crippen LogP contribution in [0.5, 0.6) is 0 Å². The predicted molar refractivity (Wildman–Crippen MR) is 91.9 cm³/mol. The number of amides is 2. The van der Waals surface area contributed by atoms with E-state index in [0.717, 1.165) is 6.42 Å². The van der Waals surface area contributed by atoms with Crippen LogP contribution >= 0.6 is 0 Å². The third-order valence-corrected chi connectivity index (χ3v) is 4.09. The van der Waals surface area contributed by atoms with Crippen LogP contribution in [0.15, 0.2) is 55.6 Å². The molecule has 122 valence electrons. The van der Waals surface area contributed by atoms with E-state index in [2.05, 4.69) is 18.5 Å². The number of hydrogen-bond acceptors (Lipinski definition) is 2. The molecule has 0 aromatic heterocycles. The summed E-state index contributed by atoms with van der Waals surface area (Å²) in [6, 6.07) is 9.48. The second kappa shape index (κ2) is 7.77. The lowest BCUT2D eigenvalue weighted by atomic mass is 10.1. The lowest BCUT2D eigenvalue weighted by molar-refractivity contribution is -0.135. The Morgan fingerprint density at radius 2 is 1.87 bits per heavy atom. The molecule has 1 fully saturated rings. The lowest BCUT2D eigenvalue weighted by Gasteiger charge is -2.24. The maximum atomic E-state index is 12.4. The van der Waals surface area contributed by atoms with Crippen molar-refractivity contribution in [3.05, 3.63) is 61.2 Å². The van der Waals surface area contributed by atoms with Crippen LogP contribution in [0.3, 0.4) is 0 Å². The quantitative estimate of drug-likeness (QED) is 0.750. The molecule has 2 rings (SSSR count). The molecule has 0 bridgehead atoms. The fourth-order valence-corrected chi connectivity index (χ4v) is 2.78. The van der Waals surface area contributed by atoms with Crippen LogP contribution in [-0.4, -0.2) is 35.8 Å². The van der Waals surface area contributed by atoms with E-state index in [-0.39, 0.29) is 23.7 Å². The molecule has 1 aliphatic carbocycles. The van der Waals surface area contributed by atoms with E-state index in [1.54, 1.807) is 24.0 Å². The standard InChI is InChI=1S/C19H24N2O2/c1-4-11-21(12-5-2)19(23)14(3)20-18(22)17-13-16(17)15-9-7-6-8-10-15/h4-10,14,16-17H,1-2,11-13H2,3H3,(H,20,22). The number of rotatable bonds is 8. The average Bonchev–Trinajstić information content (AvgIpc) is 3.35. The van der Waals surface area contributed by atoms with Crippen LogP contribution in [0.25, 0.3) is 0 Å². The van der Waals surface area contributed by atoms with Crippen molar-refractivity contribution < 1.29 is 9.59 Å². The van der Waals surface area contributed by atoms with Gasteiger partial charge in [-0.25, -0.2) is 0 Å². The second-order valence-electron chi connectivity index (χ2n) is 5.91. The van der Waals surface area contributed by atoms with Gasteiger partial charge in [-0.1, -0.05) is 42.5 Å². The van der Waals surface area contributed by atoms with Gasteiger partial charge in [-0.15, -0.1) is 13.2 Å². The summed E-state index contributed by atoms with van der Waals surface area (Å²) in [5.41, 5.74) is 1.19. The summed E-state index contributed by atoms with van der Waals surface area (Å²) in [5, 5.41) is 2.84. The first kappa shape index (κ1) is 17.0. The van der Waals surface area contributed by atoms with Crippen molar-refractivity contribution in [1.29, 1.82) is 0 Å². The molecule has 0 radical (unpaired) electrons. The Bertz CT molecular complexity index is 572. The number of carbonyl (C=O) groups excluding carboxylic acids is 2. The molecule has 1 aromatic carbocycles. The van der Waals surface area contributed by atoms with Crippen molar-refractivity contribution in [2.45, 2.75) is 25.3 Å². The average molecular weight is 312 g/mol. The molecule has 1 saturated carbocycles. The van der Waals surface area contributed by atoms with E-state index < -0.39 is 6.04 Å². The molecule has 1 N–H and O–H groups in total. The van der Waals surface area contributed by atoms with E-state index in [1.807, 2.05) is 30.3 Å². The van der Waals surface area contributed by atoms with Gasteiger partial charge in [0.2, 0.25) is 11.8 Å². The van der Waals surface area contributed by atoms with Crippen molar-refractivity contribution in [1.82, 2.24) is 10.2 Å². The molecule has 3 unspecified atom stereocenters. The summed E-state index contributed by atoms with van der Waals surface area (Å²) in [5.74, 6) is 0.0859. The van der Waals surface area contributed by atoms with Crippen molar-refractivity contribution in [3.8, 4) is 0 Å². The Balaban J connectivity index is 1.89. The number of nitrogens with zero attached hydrogens (tertiary/aromatic N) is 1. The minimum Gasteiger partial charge on any atom is -0.344 e. The molecule has 23 heavy (non-hydrogen) atoms. The Morgan fingerprint density at radius 3 is 2.43 bits per heavy atom. The predicted octanol–water partition coefficient (Wildman–Crippen LogP) is 2.50. The highest BCUT2D eigenvalue weighted by Crippen LogP contribution is 2.47. The molecule has 1 aromatic rings. The lowest BCUT2D eigenvalue weighted by Crippen LogP contribution is -2.47. The molecule has 2 amide bonds. The van der Waals surface area contributed by atoms with Crippen LogP contribution in [-0.2, 0) is 9.59 Å². The first-order chi connectivity index (χ1) is 11.1. The Kier molecular flexibility index (Phi) is 5.74.